The SMILES string of the molecule is Cc1nc([N+](=O)[O-])c(I)n1C. The number of hydrogen-bond acceptors (Lipinski definition) is 3. The zero-order valence-corrected chi connectivity index (χ0v) is 8.19. The highest BCUT2D eigenvalue weighted by Gasteiger charge is 2.20. The molecule has 0 amide bonds. The number of hydrogen-bond donors (Lipinski definition) is 0. The van der Waals surface area contributed by atoms with E-state index in [2.05, 4.69) is 4.98 Å². The van der Waals surface area contributed by atoms with Gasteiger partial charge >= 0.3 is 5.82 Å². The van der Waals surface area contributed by atoms with Crippen molar-refractivity contribution < 1.29 is 4.92 Å². The molecule has 0 aromatic carbocycles. The van der Waals surface area contributed by atoms with Gasteiger partial charge in [0.05, 0.1) is 0 Å². The fourth-order valence-corrected chi connectivity index (χ4v) is 1.35. The second kappa shape index (κ2) is 2.76. The van der Waals surface area contributed by atoms with E-state index in [0.29, 0.717) is 9.53 Å². The van der Waals surface area contributed by atoms with E-state index in [4.69, 9.17) is 0 Å². The maximum atomic E-state index is 10.3. The summed E-state index contributed by atoms with van der Waals surface area (Å²) in [6.45, 7) is 1.73. The summed E-state index contributed by atoms with van der Waals surface area (Å²) in [7, 11) is 1.75. The number of halogens is 1. The minimum Gasteiger partial charge on any atom is -0.358 e. The average Bonchev–Trinajstić information content (AvgIpc) is 2.17. The van der Waals surface area contributed by atoms with Crippen LogP contribution in [0.15, 0.2) is 0 Å². The third-order valence-electron chi connectivity index (χ3n) is 1.41. The van der Waals surface area contributed by atoms with Crippen molar-refractivity contribution >= 4 is 28.4 Å². The van der Waals surface area contributed by atoms with Crippen LogP contribution in [-0.4, -0.2) is 14.5 Å². The Morgan fingerprint density at radius 2 is 2.27 bits per heavy atom. The minimum absolute atomic E-state index is 0.0643. The second-order valence-corrected chi connectivity index (χ2v) is 3.11. The Balaban J connectivity index is 3.29. The van der Waals surface area contributed by atoms with Gasteiger partial charge in [0.15, 0.2) is 3.70 Å². The van der Waals surface area contributed by atoms with Crippen molar-refractivity contribution in [1.82, 2.24) is 9.55 Å². The average molecular weight is 267 g/mol. The highest BCUT2D eigenvalue weighted by atomic mass is 127. The lowest BCUT2D eigenvalue weighted by Crippen LogP contribution is -1.94. The monoisotopic (exact) mass is 267 g/mol. The van der Waals surface area contributed by atoms with E-state index in [-0.39, 0.29) is 5.82 Å². The summed E-state index contributed by atoms with van der Waals surface area (Å²) in [4.78, 5) is 13.6. The van der Waals surface area contributed by atoms with E-state index >= 15 is 0 Å². The molecule has 0 atom stereocenters. The molecule has 0 spiro atoms. The van der Waals surface area contributed by atoms with Crippen LogP contribution in [0.3, 0.4) is 0 Å². The highest BCUT2D eigenvalue weighted by molar-refractivity contribution is 14.1. The summed E-state index contributed by atoms with van der Waals surface area (Å²) >= 11 is 1.90. The standard InChI is InChI=1S/C5H6IN3O2/c1-3-7-5(9(10)11)4(6)8(3)2/h1-2H3. The van der Waals surface area contributed by atoms with Gasteiger partial charge in [0, 0.05) is 14.0 Å². The van der Waals surface area contributed by atoms with Crippen molar-refractivity contribution in [2.75, 3.05) is 0 Å². The van der Waals surface area contributed by atoms with Gasteiger partial charge in [-0.15, -0.1) is 0 Å². The Morgan fingerprint density at radius 3 is 2.45 bits per heavy atom. The Morgan fingerprint density at radius 1 is 1.73 bits per heavy atom. The molecule has 1 rings (SSSR count). The first-order valence-corrected chi connectivity index (χ1v) is 3.95. The molecule has 0 saturated heterocycles. The van der Waals surface area contributed by atoms with Gasteiger partial charge < -0.3 is 14.7 Å². The molecule has 60 valence electrons. The van der Waals surface area contributed by atoms with Gasteiger partial charge in [-0.25, -0.2) is 0 Å². The third kappa shape index (κ3) is 1.35. The first-order valence-electron chi connectivity index (χ1n) is 2.87. The van der Waals surface area contributed by atoms with Crippen molar-refractivity contribution in [3.8, 4) is 0 Å². The molecule has 0 fully saturated rings. The van der Waals surface area contributed by atoms with Gasteiger partial charge in [0.1, 0.15) is 0 Å². The Labute approximate surface area is 76.7 Å². The maximum Gasteiger partial charge on any atom is 0.395 e. The maximum absolute atomic E-state index is 10.3. The normalized spacial score (nSPS) is 10.1. The van der Waals surface area contributed by atoms with Gasteiger partial charge in [0.2, 0.25) is 5.82 Å². The Hall–Kier alpha value is -0.660. The number of aryl methyl sites for hydroxylation is 1. The lowest BCUT2D eigenvalue weighted by Gasteiger charge is -1.90. The van der Waals surface area contributed by atoms with Gasteiger partial charge in [-0.05, 0) is 32.5 Å². The summed E-state index contributed by atoms with van der Waals surface area (Å²) < 4.78 is 2.24. The third-order valence-corrected chi connectivity index (χ3v) is 2.61. The van der Waals surface area contributed by atoms with Crippen LogP contribution < -0.4 is 0 Å². The van der Waals surface area contributed by atoms with Crippen molar-refractivity contribution in [3.05, 3.63) is 19.6 Å². The second-order valence-electron chi connectivity index (χ2n) is 2.09. The Kier molecular flexibility index (Phi) is 2.12. The number of nitro groups is 1. The molecular weight excluding hydrogens is 261 g/mol. The molecule has 5 nitrogen and oxygen atoms in total. The van der Waals surface area contributed by atoms with Gasteiger partial charge in [-0.2, -0.15) is 0 Å². The van der Waals surface area contributed by atoms with E-state index in [0.717, 1.165) is 0 Å². The summed E-state index contributed by atoms with van der Waals surface area (Å²) in [5.41, 5.74) is 0. The smallest absolute Gasteiger partial charge is 0.358 e. The quantitative estimate of drug-likeness (QED) is 0.437. The lowest BCUT2D eigenvalue weighted by molar-refractivity contribution is -0.390. The summed E-state index contributed by atoms with van der Waals surface area (Å²) in [6, 6.07) is 0. The lowest BCUT2D eigenvalue weighted by atomic mass is 10.7. The van der Waals surface area contributed by atoms with Crippen molar-refractivity contribution in [3.63, 3.8) is 0 Å². The molecule has 0 N–H and O–H groups in total. The van der Waals surface area contributed by atoms with Gasteiger partial charge in [-0.3, -0.25) is 0 Å². The number of rotatable bonds is 1. The molecule has 11 heavy (non-hydrogen) atoms. The van der Waals surface area contributed by atoms with Crippen LogP contribution in [0.1, 0.15) is 5.82 Å². The van der Waals surface area contributed by atoms with E-state index in [1.807, 2.05) is 22.6 Å². The fourth-order valence-electron chi connectivity index (χ4n) is 0.683. The molecule has 0 aliphatic carbocycles. The number of imidazole rings is 1. The molecular formula is C5H6IN3O2. The van der Waals surface area contributed by atoms with Crippen LogP contribution >= 0.6 is 22.6 Å². The van der Waals surface area contributed by atoms with Crippen LogP contribution in [0, 0.1) is 20.7 Å². The zero-order chi connectivity index (χ0) is 8.59. The molecule has 6 heteroatoms. The summed E-state index contributed by atoms with van der Waals surface area (Å²) in [5.74, 6) is 0.590. The molecule has 1 aromatic rings. The number of aromatic nitrogens is 2. The zero-order valence-electron chi connectivity index (χ0n) is 6.04. The van der Waals surface area contributed by atoms with E-state index in [1.54, 1.807) is 18.5 Å². The molecule has 0 radical (unpaired) electrons. The summed E-state index contributed by atoms with van der Waals surface area (Å²) in [5, 5.41) is 10.3. The van der Waals surface area contributed by atoms with Crippen LogP contribution in [-0.2, 0) is 7.05 Å². The molecule has 1 heterocycles. The van der Waals surface area contributed by atoms with Crippen LogP contribution in [0.25, 0.3) is 0 Å². The molecule has 1 aromatic heterocycles. The molecule has 0 bridgehead atoms. The van der Waals surface area contributed by atoms with Crippen LogP contribution in [0.5, 0.6) is 0 Å². The van der Waals surface area contributed by atoms with E-state index in [1.165, 1.54) is 0 Å². The van der Waals surface area contributed by atoms with Crippen molar-refractivity contribution in [1.29, 1.82) is 0 Å². The molecule has 0 saturated carbocycles. The fraction of sp³-hybridized carbons (Fsp3) is 0.400. The predicted octanol–water partition coefficient (Wildman–Crippen LogP) is 1.24. The summed E-state index contributed by atoms with van der Waals surface area (Å²) in [6.07, 6.45) is 0. The van der Waals surface area contributed by atoms with E-state index < -0.39 is 4.92 Å². The minimum atomic E-state index is -0.477. The van der Waals surface area contributed by atoms with Gasteiger partial charge in [-0.1, -0.05) is 0 Å². The molecule has 0 aliphatic rings. The largest absolute Gasteiger partial charge is 0.395 e. The molecule has 0 aliphatic heterocycles. The first kappa shape index (κ1) is 8.44. The van der Waals surface area contributed by atoms with Crippen LogP contribution in [0.4, 0.5) is 5.82 Å². The van der Waals surface area contributed by atoms with E-state index in [9.17, 15) is 10.1 Å². The number of nitrogens with zero attached hydrogens (tertiary/aromatic N) is 3. The molecule has 0 unspecified atom stereocenters. The predicted molar refractivity (Wildman–Crippen MR) is 47.3 cm³/mol. The first-order chi connectivity index (χ1) is 5.04. The van der Waals surface area contributed by atoms with Gasteiger partial charge in [0.25, 0.3) is 0 Å². The van der Waals surface area contributed by atoms with Crippen molar-refractivity contribution in [2.45, 2.75) is 6.92 Å². The Bertz CT molecular complexity index is 307. The topological polar surface area (TPSA) is 61.0 Å². The van der Waals surface area contributed by atoms with Crippen LogP contribution in [0.2, 0.25) is 0 Å². The highest BCUT2D eigenvalue weighted by Crippen LogP contribution is 2.19. The van der Waals surface area contributed by atoms with Crippen molar-refractivity contribution in [2.24, 2.45) is 7.05 Å².